The molecular formula is C14H31B2P2. The quantitative estimate of drug-likeness (QED) is 0.485. The molecule has 0 aromatic rings. The lowest BCUT2D eigenvalue weighted by Crippen LogP contribution is -2.28. The van der Waals surface area contributed by atoms with E-state index >= 15 is 0 Å². The van der Waals surface area contributed by atoms with Gasteiger partial charge in [-0.2, -0.15) is 0 Å². The van der Waals surface area contributed by atoms with Gasteiger partial charge in [-0.25, -0.2) is 0 Å². The maximum atomic E-state index is 5.65. The van der Waals surface area contributed by atoms with Crippen LogP contribution in [0.25, 0.3) is 0 Å². The molecule has 0 N–H and O–H groups in total. The normalized spacial score (nSPS) is 15.9. The van der Waals surface area contributed by atoms with Gasteiger partial charge in [0.15, 0.2) is 0 Å². The highest BCUT2D eigenvalue weighted by Crippen LogP contribution is 2.67. The average molecular weight is 283 g/mol. The van der Waals surface area contributed by atoms with Gasteiger partial charge in [0.2, 0.25) is 0 Å². The standard InChI is InChI=1S/C14H31B2P2/c1-12(2,3)18(13(4,5)6)11-17(9)14(7,8)10-16-15/h10-11H2,1-9H3. The Morgan fingerprint density at radius 3 is 1.56 bits per heavy atom. The maximum Gasteiger partial charge on any atom is 0.0556 e. The molecule has 0 aromatic carbocycles. The summed E-state index contributed by atoms with van der Waals surface area (Å²) in [7, 11) is 7.52. The Hall–Kier alpha value is 0.990. The van der Waals surface area contributed by atoms with Gasteiger partial charge in [0.25, 0.3) is 0 Å². The monoisotopic (exact) mass is 283 g/mol. The number of rotatable bonds is 5. The third-order valence-corrected chi connectivity index (χ3v) is 11.9. The fourth-order valence-corrected chi connectivity index (χ4v) is 11.3. The fraction of sp³-hybridized carbons (Fsp3) is 1.00. The van der Waals surface area contributed by atoms with E-state index in [0.29, 0.717) is 15.5 Å². The van der Waals surface area contributed by atoms with Crippen molar-refractivity contribution in [1.82, 2.24) is 0 Å². The zero-order valence-electron chi connectivity index (χ0n) is 14.0. The molecule has 0 amide bonds. The van der Waals surface area contributed by atoms with Gasteiger partial charge in [0.05, 0.1) is 7.17 Å². The zero-order valence-corrected chi connectivity index (χ0v) is 15.8. The van der Waals surface area contributed by atoms with Gasteiger partial charge in [-0.15, -0.1) is 7.92 Å². The Morgan fingerprint density at radius 1 is 0.889 bits per heavy atom. The Balaban J connectivity index is 4.91. The lowest BCUT2D eigenvalue weighted by Gasteiger charge is -2.46. The molecule has 3 radical (unpaired) electrons. The van der Waals surface area contributed by atoms with E-state index in [1.165, 1.54) is 5.90 Å². The SMILES string of the molecule is [B][B]CC(C)(C)P(C)CP(C(C)(C)C)C(C)(C)C. The van der Waals surface area contributed by atoms with Gasteiger partial charge >= 0.3 is 0 Å². The van der Waals surface area contributed by atoms with Gasteiger partial charge in [-0.1, -0.05) is 69.6 Å². The van der Waals surface area contributed by atoms with Crippen LogP contribution in [0.5, 0.6) is 0 Å². The first-order valence-electron chi connectivity index (χ1n) is 6.85. The van der Waals surface area contributed by atoms with Crippen molar-refractivity contribution in [2.45, 2.75) is 77.2 Å². The maximum absolute atomic E-state index is 5.65. The molecule has 0 aliphatic carbocycles. The summed E-state index contributed by atoms with van der Waals surface area (Å²) < 4.78 is 0. The van der Waals surface area contributed by atoms with Crippen LogP contribution in [0.4, 0.5) is 0 Å². The molecule has 0 rings (SSSR count). The van der Waals surface area contributed by atoms with E-state index in [1.54, 1.807) is 0 Å². The van der Waals surface area contributed by atoms with Crippen molar-refractivity contribution in [3.05, 3.63) is 0 Å². The molecule has 103 valence electrons. The lowest BCUT2D eigenvalue weighted by atomic mass is 9.51. The summed E-state index contributed by atoms with van der Waals surface area (Å²) in [5, 5.41) is 1.25. The van der Waals surface area contributed by atoms with E-state index in [9.17, 15) is 0 Å². The third kappa shape index (κ3) is 5.96. The van der Waals surface area contributed by atoms with Crippen LogP contribution in [-0.2, 0) is 0 Å². The van der Waals surface area contributed by atoms with E-state index in [-0.39, 0.29) is 15.8 Å². The van der Waals surface area contributed by atoms with E-state index in [4.69, 9.17) is 7.74 Å². The molecule has 0 nitrogen and oxygen atoms in total. The van der Waals surface area contributed by atoms with Gasteiger partial charge < -0.3 is 0 Å². The Morgan fingerprint density at radius 2 is 1.28 bits per heavy atom. The van der Waals surface area contributed by atoms with E-state index in [1.807, 2.05) is 7.17 Å². The molecule has 1 unspecified atom stereocenters. The first-order valence-corrected chi connectivity index (χ1v) is 10.3. The molecule has 0 aromatic heterocycles. The summed E-state index contributed by atoms with van der Waals surface area (Å²) in [6.45, 7) is 21.7. The van der Waals surface area contributed by atoms with Gasteiger partial charge in [0, 0.05) is 7.74 Å². The molecule has 0 heterocycles. The molecule has 0 saturated carbocycles. The summed E-state index contributed by atoms with van der Waals surface area (Å²) in [5.74, 6) is 1.40. The van der Waals surface area contributed by atoms with Crippen molar-refractivity contribution >= 4 is 30.8 Å². The molecule has 0 spiro atoms. The smallest absolute Gasteiger partial charge is 0.0556 e. The Bertz CT molecular complexity index is 238. The number of hydrogen-bond donors (Lipinski definition) is 0. The zero-order chi connectivity index (χ0) is 14.8. The minimum atomic E-state index is 0.0169. The molecular weight excluding hydrogens is 252 g/mol. The first-order chi connectivity index (χ1) is 7.82. The van der Waals surface area contributed by atoms with Gasteiger partial charge in [0.1, 0.15) is 0 Å². The molecule has 0 aliphatic rings. The minimum Gasteiger partial charge on any atom is -0.100 e. The van der Waals surface area contributed by atoms with Crippen molar-refractivity contribution in [3.63, 3.8) is 0 Å². The van der Waals surface area contributed by atoms with Crippen LogP contribution in [-0.4, -0.2) is 42.9 Å². The predicted molar refractivity (Wildman–Crippen MR) is 94.5 cm³/mol. The highest BCUT2D eigenvalue weighted by atomic mass is 31.2. The summed E-state index contributed by atoms with van der Waals surface area (Å²) in [6.07, 6.45) is 1.03. The van der Waals surface area contributed by atoms with Crippen molar-refractivity contribution in [3.8, 4) is 0 Å². The second kappa shape index (κ2) is 6.63. The highest BCUT2D eigenvalue weighted by Gasteiger charge is 2.37. The predicted octanol–water partition coefficient (Wildman–Crippen LogP) is 5.12. The molecule has 0 aliphatic heterocycles. The highest BCUT2D eigenvalue weighted by molar-refractivity contribution is 7.76. The van der Waals surface area contributed by atoms with Gasteiger partial charge in [-0.3, -0.25) is 0 Å². The van der Waals surface area contributed by atoms with Crippen LogP contribution in [0.15, 0.2) is 0 Å². The van der Waals surface area contributed by atoms with Crippen molar-refractivity contribution in [2.24, 2.45) is 0 Å². The van der Waals surface area contributed by atoms with Crippen molar-refractivity contribution in [2.75, 3.05) is 12.6 Å². The molecule has 18 heavy (non-hydrogen) atoms. The first kappa shape index (κ1) is 19.0. The van der Waals surface area contributed by atoms with Crippen LogP contribution in [0.3, 0.4) is 0 Å². The van der Waals surface area contributed by atoms with Crippen LogP contribution < -0.4 is 0 Å². The second-order valence-corrected chi connectivity index (χ2v) is 15.1. The third-order valence-electron chi connectivity index (χ3n) is 3.62. The van der Waals surface area contributed by atoms with Crippen LogP contribution >= 0.6 is 15.8 Å². The fourth-order valence-electron chi connectivity index (χ4n) is 2.28. The van der Waals surface area contributed by atoms with Crippen LogP contribution in [0.2, 0.25) is 6.32 Å². The van der Waals surface area contributed by atoms with Crippen LogP contribution in [0, 0.1) is 0 Å². The Labute approximate surface area is 121 Å². The molecule has 0 bridgehead atoms. The van der Waals surface area contributed by atoms with E-state index < -0.39 is 0 Å². The molecule has 4 heteroatoms. The summed E-state index contributed by atoms with van der Waals surface area (Å²) in [6, 6.07) is 0. The van der Waals surface area contributed by atoms with Crippen molar-refractivity contribution in [1.29, 1.82) is 0 Å². The van der Waals surface area contributed by atoms with Gasteiger partial charge in [-0.05, 0) is 28.0 Å². The van der Waals surface area contributed by atoms with E-state index in [0.717, 1.165) is 6.32 Å². The summed E-state index contributed by atoms with van der Waals surface area (Å²) in [5.41, 5.74) is 0. The lowest BCUT2D eigenvalue weighted by molar-refractivity contribution is 0.708. The molecule has 1 atom stereocenters. The summed E-state index contributed by atoms with van der Waals surface area (Å²) >= 11 is 0. The topological polar surface area (TPSA) is 0 Å². The minimum absolute atomic E-state index is 0.0169. The van der Waals surface area contributed by atoms with Crippen LogP contribution in [0.1, 0.15) is 55.4 Å². The average Bonchev–Trinajstić information content (AvgIpc) is 2.09. The number of hydrogen-bond acceptors (Lipinski definition) is 0. The second-order valence-electron chi connectivity index (χ2n) is 7.86. The largest absolute Gasteiger partial charge is 0.100 e. The van der Waals surface area contributed by atoms with E-state index in [2.05, 4.69) is 62.1 Å². The molecule has 0 saturated heterocycles. The molecule has 0 fully saturated rings. The summed E-state index contributed by atoms with van der Waals surface area (Å²) in [4.78, 5) is 0. The van der Waals surface area contributed by atoms with Crippen molar-refractivity contribution < 1.29 is 0 Å². The Kier molecular flexibility index (Phi) is 6.99.